The van der Waals surface area contributed by atoms with Gasteiger partial charge in [0, 0.05) is 18.0 Å². The smallest absolute Gasteiger partial charge is 0.137 e. The zero-order chi connectivity index (χ0) is 26.9. The van der Waals surface area contributed by atoms with Gasteiger partial charge in [-0.15, -0.1) is 0 Å². The molecule has 0 radical (unpaired) electrons. The van der Waals surface area contributed by atoms with E-state index in [9.17, 15) is 0 Å². The SMILES string of the molecule is c1ccc2c(c1)c1ccccc1c1cc(-c3ccc(-c4cn5ccccc5n4)cc3)cc3ccc4cccc2c4c31. The molecule has 7 aromatic carbocycles. The summed E-state index contributed by atoms with van der Waals surface area (Å²) in [6, 6.07) is 48.6. The first kappa shape index (κ1) is 22.4. The Bertz CT molecular complexity index is 2430. The molecule has 9 aromatic rings. The van der Waals surface area contributed by atoms with E-state index in [4.69, 9.17) is 4.98 Å². The van der Waals surface area contributed by atoms with E-state index < -0.39 is 0 Å². The van der Waals surface area contributed by atoms with Crippen molar-refractivity contribution < 1.29 is 0 Å². The highest BCUT2D eigenvalue weighted by Crippen LogP contribution is 2.42. The number of aromatic nitrogens is 2. The molecule has 2 heterocycles. The molecule has 0 N–H and O–H groups in total. The number of fused-ring (bicyclic) bond motifs is 6. The van der Waals surface area contributed by atoms with Gasteiger partial charge in [0.1, 0.15) is 5.65 Å². The molecule has 41 heavy (non-hydrogen) atoms. The van der Waals surface area contributed by atoms with Gasteiger partial charge >= 0.3 is 0 Å². The predicted octanol–water partition coefficient (Wildman–Crippen LogP) is 10.4. The van der Waals surface area contributed by atoms with Crippen LogP contribution in [0, 0.1) is 0 Å². The van der Waals surface area contributed by atoms with Crippen molar-refractivity contribution in [1.29, 1.82) is 0 Å². The van der Waals surface area contributed by atoms with Crippen molar-refractivity contribution in [2.45, 2.75) is 0 Å². The molecule has 9 rings (SSSR count). The summed E-state index contributed by atoms with van der Waals surface area (Å²) in [5.74, 6) is 0. The van der Waals surface area contributed by atoms with Crippen LogP contribution in [0.3, 0.4) is 0 Å². The van der Waals surface area contributed by atoms with Crippen molar-refractivity contribution in [3.05, 3.63) is 146 Å². The zero-order valence-electron chi connectivity index (χ0n) is 22.3. The topological polar surface area (TPSA) is 17.3 Å². The molecule has 0 saturated heterocycles. The number of hydrogen-bond donors (Lipinski definition) is 0. The molecule has 0 bridgehead atoms. The second-order valence-corrected chi connectivity index (χ2v) is 10.9. The molecule has 0 saturated carbocycles. The lowest BCUT2D eigenvalue weighted by Gasteiger charge is -2.15. The van der Waals surface area contributed by atoms with Crippen LogP contribution in [-0.2, 0) is 0 Å². The summed E-state index contributed by atoms with van der Waals surface area (Å²) in [6.45, 7) is 0. The maximum Gasteiger partial charge on any atom is 0.137 e. The van der Waals surface area contributed by atoms with Crippen molar-refractivity contribution in [2.24, 2.45) is 0 Å². The number of imidazole rings is 1. The zero-order valence-corrected chi connectivity index (χ0v) is 22.3. The monoisotopic (exact) mass is 520 g/mol. The highest BCUT2D eigenvalue weighted by molar-refractivity contribution is 6.33. The highest BCUT2D eigenvalue weighted by atomic mass is 15.0. The molecule has 0 amide bonds. The Labute approximate surface area is 236 Å². The Morgan fingerprint density at radius 2 is 1.02 bits per heavy atom. The van der Waals surface area contributed by atoms with Gasteiger partial charge < -0.3 is 4.40 Å². The van der Waals surface area contributed by atoms with Crippen LogP contribution in [-0.4, -0.2) is 9.38 Å². The van der Waals surface area contributed by atoms with Crippen molar-refractivity contribution >= 4 is 59.5 Å². The third kappa shape index (κ3) is 3.34. The third-order valence-corrected chi connectivity index (χ3v) is 8.56. The van der Waals surface area contributed by atoms with Gasteiger partial charge in [-0.2, -0.15) is 0 Å². The molecule has 2 heteroatoms. The lowest BCUT2D eigenvalue weighted by atomic mass is 9.88. The standard InChI is InChI=1S/C39H24N2/c1-3-11-32-30(9-1)31-10-2-4-12-33(31)35-23-29(22-28-20-19-27-8-7-13-34(32)38(27)39(28)35)25-15-17-26(18-16-25)36-24-41-21-6-5-14-37(41)40-36/h1-24H. The molecule has 0 fully saturated rings. The average molecular weight is 521 g/mol. The minimum absolute atomic E-state index is 0.957. The molecular weight excluding hydrogens is 496 g/mol. The Kier molecular flexibility index (Phi) is 4.64. The summed E-state index contributed by atoms with van der Waals surface area (Å²) in [5.41, 5.74) is 5.47. The van der Waals surface area contributed by atoms with Crippen LogP contribution < -0.4 is 0 Å². The molecule has 0 aliphatic carbocycles. The Morgan fingerprint density at radius 3 is 1.78 bits per heavy atom. The van der Waals surface area contributed by atoms with E-state index in [0.29, 0.717) is 0 Å². The number of pyridine rings is 1. The van der Waals surface area contributed by atoms with E-state index in [1.807, 2.05) is 24.4 Å². The van der Waals surface area contributed by atoms with Gasteiger partial charge in [-0.3, -0.25) is 0 Å². The van der Waals surface area contributed by atoms with Gasteiger partial charge in [-0.25, -0.2) is 4.98 Å². The fourth-order valence-electron chi connectivity index (χ4n) is 6.66. The Morgan fingerprint density at radius 1 is 0.415 bits per heavy atom. The minimum Gasteiger partial charge on any atom is -0.306 e. The van der Waals surface area contributed by atoms with Crippen molar-refractivity contribution in [3.63, 3.8) is 0 Å². The second-order valence-electron chi connectivity index (χ2n) is 10.9. The molecule has 2 nitrogen and oxygen atoms in total. The van der Waals surface area contributed by atoms with Gasteiger partial charge in [-0.1, -0.05) is 109 Å². The normalized spacial score (nSPS) is 11.9. The molecular formula is C39H24N2. The van der Waals surface area contributed by atoms with Gasteiger partial charge in [0.2, 0.25) is 0 Å². The molecule has 190 valence electrons. The molecule has 0 atom stereocenters. The van der Waals surface area contributed by atoms with Crippen LogP contribution in [0.2, 0.25) is 0 Å². The van der Waals surface area contributed by atoms with Gasteiger partial charge in [-0.05, 0) is 89.3 Å². The average Bonchev–Trinajstić information content (AvgIpc) is 3.48. The van der Waals surface area contributed by atoms with Crippen molar-refractivity contribution in [1.82, 2.24) is 9.38 Å². The predicted molar refractivity (Wildman–Crippen MR) is 174 cm³/mol. The van der Waals surface area contributed by atoms with Gasteiger partial charge in [0.15, 0.2) is 0 Å². The summed E-state index contributed by atoms with van der Waals surface area (Å²) < 4.78 is 2.07. The molecule has 0 unspecified atom stereocenters. The van der Waals surface area contributed by atoms with E-state index >= 15 is 0 Å². The third-order valence-electron chi connectivity index (χ3n) is 8.56. The number of hydrogen-bond acceptors (Lipinski definition) is 1. The van der Waals surface area contributed by atoms with Crippen LogP contribution in [0.4, 0.5) is 0 Å². The molecule has 0 aliphatic rings. The fraction of sp³-hybridized carbons (Fsp3) is 0. The van der Waals surface area contributed by atoms with Crippen LogP contribution in [0.15, 0.2) is 146 Å². The summed E-state index contributed by atoms with van der Waals surface area (Å²) >= 11 is 0. The van der Waals surface area contributed by atoms with Crippen LogP contribution >= 0.6 is 0 Å². The summed E-state index contributed by atoms with van der Waals surface area (Å²) in [4.78, 5) is 4.81. The first-order valence-corrected chi connectivity index (χ1v) is 14.1. The van der Waals surface area contributed by atoms with Crippen LogP contribution in [0.25, 0.3) is 81.9 Å². The first-order chi connectivity index (χ1) is 20.3. The van der Waals surface area contributed by atoms with Gasteiger partial charge in [0.05, 0.1) is 5.69 Å². The lowest BCUT2D eigenvalue weighted by molar-refractivity contribution is 1.19. The summed E-state index contributed by atoms with van der Waals surface area (Å²) in [5, 5.41) is 12.9. The van der Waals surface area contributed by atoms with Gasteiger partial charge in [0.25, 0.3) is 0 Å². The lowest BCUT2D eigenvalue weighted by Crippen LogP contribution is -1.88. The highest BCUT2D eigenvalue weighted by Gasteiger charge is 2.14. The molecule has 0 spiro atoms. The quantitative estimate of drug-likeness (QED) is 0.207. The van der Waals surface area contributed by atoms with Crippen molar-refractivity contribution in [3.8, 4) is 22.4 Å². The maximum absolute atomic E-state index is 4.81. The van der Waals surface area contributed by atoms with E-state index in [1.54, 1.807) is 0 Å². The fourth-order valence-corrected chi connectivity index (χ4v) is 6.66. The van der Waals surface area contributed by atoms with E-state index in [1.165, 1.54) is 65.0 Å². The maximum atomic E-state index is 4.81. The number of rotatable bonds is 2. The van der Waals surface area contributed by atoms with E-state index in [-0.39, 0.29) is 0 Å². The molecule has 2 aromatic heterocycles. The van der Waals surface area contributed by atoms with Crippen LogP contribution in [0.5, 0.6) is 0 Å². The largest absolute Gasteiger partial charge is 0.306 e. The summed E-state index contributed by atoms with van der Waals surface area (Å²) in [6.07, 6.45) is 4.13. The number of benzene rings is 6. The van der Waals surface area contributed by atoms with Crippen molar-refractivity contribution in [2.75, 3.05) is 0 Å². The minimum atomic E-state index is 0.957. The Balaban J connectivity index is 1.35. The summed E-state index contributed by atoms with van der Waals surface area (Å²) in [7, 11) is 0. The van der Waals surface area contributed by atoms with E-state index in [2.05, 4.69) is 126 Å². The first-order valence-electron chi connectivity index (χ1n) is 14.1. The number of nitrogens with zero attached hydrogens (tertiary/aromatic N) is 2. The van der Waals surface area contributed by atoms with E-state index in [0.717, 1.165) is 16.9 Å². The van der Waals surface area contributed by atoms with Crippen LogP contribution in [0.1, 0.15) is 0 Å². The molecule has 0 aliphatic heterocycles. The Hall–Kier alpha value is -5.47. The second kappa shape index (κ2) is 8.51.